The van der Waals surface area contributed by atoms with Crippen molar-refractivity contribution in [1.82, 2.24) is 0 Å². The molecule has 0 radical (unpaired) electrons. The first-order chi connectivity index (χ1) is 5.02. The van der Waals surface area contributed by atoms with Crippen LogP contribution in [0.1, 0.15) is 6.42 Å². The average Bonchev–Trinajstić information content (AvgIpc) is 1.82. The van der Waals surface area contributed by atoms with Gasteiger partial charge in [-0.2, -0.15) is 0 Å². The molecule has 0 aromatic heterocycles. The number of carbonyl (C=O) groups is 2. The Labute approximate surface area is 63.1 Å². The zero-order valence-electron chi connectivity index (χ0n) is 5.82. The third kappa shape index (κ3) is 6.59. The Bertz CT molecular complexity index is 159. The summed E-state index contributed by atoms with van der Waals surface area (Å²) in [5.74, 6) is -0.662. The van der Waals surface area contributed by atoms with Crippen LogP contribution in [0.5, 0.6) is 0 Å². The van der Waals surface area contributed by atoms with Crippen molar-refractivity contribution in [3.63, 3.8) is 0 Å². The van der Waals surface area contributed by atoms with Gasteiger partial charge in [0.15, 0.2) is 0 Å². The molecule has 0 bridgehead atoms. The Balaban J connectivity index is 3.44. The van der Waals surface area contributed by atoms with Gasteiger partial charge in [0.1, 0.15) is 6.61 Å². The normalized spacial score (nSPS) is 12.1. The lowest BCUT2D eigenvalue weighted by Gasteiger charge is -2.06. The summed E-state index contributed by atoms with van der Waals surface area (Å²) in [4.78, 5) is 20.1. The van der Waals surface area contributed by atoms with E-state index in [1.54, 1.807) is 0 Å². The fraction of sp³-hybridized carbons (Fsp3) is 0.600. The van der Waals surface area contributed by atoms with Crippen molar-refractivity contribution in [1.29, 1.82) is 0 Å². The van der Waals surface area contributed by atoms with Gasteiger partial charge in [-0.1, -0.05) is 0 Å². The fourth-order valence-electron chi connectivity index (χ4n) is 0.469. The minimum atomic E-state index is -1.07. The second-order valence-electron chi connectivity index (χ2n) is 1.95. The van der Waals surface area contributed by atoms with Gasteiger partial charge in [-0.05, 0) is 0 Å². The molecule has 0 saturated heterocycles. The van der Waals surface area contributed by atoms with Crippen LogP contribution in [0.2, 0.25) is 0 Å². The van der Waals surface area contributed by atoms with Gasteiger partial charge in [0.25, 0.3) is 0 Å². The van der Waals surface area contributed by atoms with Crippen molar-refractivity contribution >= 4 is 12.0 Å². The number of nitrogens with two attached hydrogens (primary N) is 2. The second kappa shape index (κ2) is 4.51. The fourth-order valence-corrected chi connectivity index (χ4v) is 0.469. The van der Waals surface area contributed by atoms with Gasteiger partial charge < -0.3 is 21.3 Å². The van der Waals surface area contributed by atoms with Crippen molar-refractivity contribution in [2.45, 2.75) is 12.5 Å². The Kier molecular flexibility index (Phi) is 3.97. The van der Waals surface area contributed by atoms with Crippen LogP contribution in [-0.2, 0) is 9.53 Å². The quantitative estimate of drug-likeness (QED) is 0.457. The van der Waals surface area contributed by atoms with Crippen LogP contribution >= 0.6 is 0 Å². The van der Waals surface area contributed by atoms with E-state index in [2.05, 4.69) is 10.5 Å². The number of rotatable bonds is 4. The van der Waals surface area contributed by atoms with E-state index in [4.69, 9.17) is 10.8 Å². The number of amides is 2. The number of ether oxygens (including phenoxy) is 1. The number of primary amides is 2. The van der Waals surface area contributed by atoms with Gasteiger partial charge in [0.2, 0.25) is 5.91 Å². The van der Waals surface area contributed by atoms with Gasteiger partial charge in [-0.15, -0.1) is 0 Å². The topological polar surface area (TPSA) is 116 Å². The lowest BCUT2D eigenvalue weighted by atomic mass is 10.2. The Morgan fingerprint density at radius 1 is 1.45 bits per heavy atom. The minimum absolute atomic E-state index is 0.243. The standard InChI is InChI=1S/C5H10N2O4/c6-4(9)1-3(8)2-11-5(7)10/h3,8H,1-2H2,(H2,6,9)(H2,7,10)/t3-/m0/s1. The molecular weight excluding hydrogens is 152 g/mol. The molecule has 5 N–H and O–H groups in total. The molecule has 0 aromatic rings. The Morgan fingerprint density at radius 2 is 2.00 bits per heavy atom. The molecule has 0 unspecified atom stereocenters. The highest BCUT2D eigenvalue weighted by Gasteiger charge is 2.08. The van der Waals surface area contributed by atoms with Crippen LogP contribution in [0, 0.1) is 0 Å². The molecule has 0 fully saturated rings. The van der Waals surface area contributed by atoms with E-state index >= 15 is 0 Å². The zero-order chi connectivity index (χ0) is 8.85. The summed E-state index contributed by atoms with van der Waals surface area (Å²) >= 11 is 0. The first-order valence-electron chi connectivity index (χ1n) is 2.91. The zero-order valence-corrected chi connectivity index (χ0v) is 5.82. The van der Waals surface area contributed by atoms with Gasteiger partial charge >= 0.3 is 6.09 Å². The number of aliphatic hydroxyl groups excluding tert-OH is 1. The lowest BCUT2D eigenvalue weighted by Crippen LogP contribution is -2.26. The molecule has 0 saturated carbocycles. The summed E-state index contributed by atoms with van der Waals surface area (Å²) in [7, 11) is 0. The van der Waals surface area contributed by atoms with Crippen molar-refractivity contribution < 1.29 is 19.4 Å². The van der Waals surface area contributed by atoms with Gasteiger partial charge in [-0.25, -0.2) is 4.79 Å². The molecule has 0 aliphatic rings. The third-order valence-electron chi connectivity index (χ3n) is 0.855. The van der Waals surface area contributed by atoms with E-state index in [-0.39, 0.29) is 13.0 Å². The monoisotopic (exact) mass is 162 g/mol. The van der Waals surface area contributed by atoms with Crippen molar-refractivity contribution in [3.8, 4) is 0 Å². The molecule has 64 valence electrons. The van der Waals surface area contributed by atoms with E-state index in [1.165, 1.54) is 0 Å². The van der Waals surface area contributed by atoms with Crippen molar-refractivity contribution in [3.05, 3.63) is 0 Å². The molecule has 0 aliphatic carbocycles. The first kappa shape index (κ1) is 9.70. The van der Waals surface area contributed by atoms with Gasteiger partial charge in [0.05, 0.1) is 12.5 Å². The van der Waals surface area contributed by atoms with Crippen LogP contribution < -0.4 is 11.5 Å². The second-order valence-corrected chi connectivity index (χ2v) is 1.95. The molecule has 2 amide bonds. The molecular formula is C5H10N2O4. The maximum absolute atomic E-state index is 10.1. The third-order valence-corrected chi connectivity index (χ3v) is 0.855. The van der Waals surface area contributed by atoms with Crippen molar-refractivity contribution in [2.24, 2.45) is 11.5 Å². The highest BCUT2D eigenvalue weighted by molar-refractivity contribution is 5.74. The summed E-state index contributed by atoms with van der Waals surface area (Å²) in [5, 5.41) is 8.83. The minimum Gasteiger partial charge on any atom is -0.447 e. The predicted octanol–water partition coefficient (Wildman–Crippen LogP) is -1.68. The molecule has 0 aliphatic heterocycles. The molecule has 6 heteroatoms. The van der Waals surface area contributed by atoms with Crippen LogP contribution in [-0.4, -0.2) is 29.8 Å². The van der Waals surface area contributed by atoms with E-state index in [9.17, 15) is 9.59 Å². The Morgan fingerprint density at radius 3 is 2.36 bits per heavy atom. The average molecular weight is 162 g/mol. The van der Waals surface area contributed by atoms with Crippen LogP contribution in [0.3, 0.4) is 0 Å². The number of aliphatic hydroxyl groups is 1. The Hall–Kier alpha value is -1.30. The summed E-state index contributed by atoms with van der Waals surface area (Å²) in [6, 6.07) is 0. The summed E-state index contributed by atoms with van der Waals surface area (Å²) in [6.07, 6.45) is -2.30. The molecule has 6 nitrogen and oxygen atoms in total. The smallest absolute Gasteiger partial charge is 0.404 e. The van der Waals surface area contributed by atoms with Crippen LogP contribution in [0.25, 0.3) is 0 Å². The first-order valence-corrected chi connectivity index (χ1v) is 2.91. The SMILES string of the molecule is NC(=O)C[C@H](O)COC(N)=O. The van der Waals surface area contributed by atoms with E-state index in [0.717, 1.165) is 0 Å². The summed E-state index contributed by atoms with van der Waals surface area (Å²) in [6.45, 7) is -0.307. The highest BCUT2D eigenvalue weighted by Crippen LogP contribution is 1.90. The summed E-state index contributed by atoms with van der Waals surface area (Å²) in [5.41, 5.74) is 9.31. The lowest BCUT2D eigenvalue weighted by molar-refractivity contribution is -0.120. The largest absolute Gasteiger partial charge is 0.447 e. The number of hydrogen-bond donors (Lipinski definition) is 3. The van der Waals surface area contributed by atoms with E-state index in [0.29, 0.717) is 0 Å². The summed E-state index contributed by atoms with van der Waals surface area (Å²) < 4.78 is 4.19. The maximum Gasteiger partial charge on any atom is 0.404 e. The molecule has 11 heavy (non-hydrogen) atoms. The van der Waals surface area contributed by atoms with Gasteiger partial charge in [0, 0.05) is 0 Å². The van der Waals surface area contributed by atoms with Gasteiger partial charge in [-0.3, -0.25) is 4.79 Å². The van der Waals surface area contributed by atoms with E-state index in [1.807, 2.05) is 0 Å². The molecule has 0 spiro atoms. The van der Waals surface area contributed by atoms with E-state index < -0.39 is 18.1 Å². The van der Waals surface area contributed by atoms with Crippen LogP contribution in [0.15, 0.2) is 0 Å². The highest BCUT2D eigenvalue weighted by atomic mass is 16.6. The molecule has 1 atom stereocenters. The van der Waals surface area contributed by atoms with Crippen LogP contribution in [0.4, 0.5) is 4.79 Å². The number of hydrogen-bond acceptors (Lipinski definition) is 4. The predicted molar refractivity (Wildman–Crippen MR) is 35.4 cm³/mol. The molecule has 0 heterocycles. The molecule has 0 aromatic carbocycles. The number of carbonyl (C=O) groups excluding carboxylic acids is 2. The molecule has 0 rings (SSSR count). The van der Waals surface area contributed by atoms with Crippen molar-refractivity contribution in [2.75, 3.05) is 6.61 Å². The maximum atomic E-state index is 10.1.